The molecule has 0 fully saturated rings. The van der Waals surface area contributed by atoms with Crippen LogP contribution in [0.2, 0.25) is 0 Å². The van der Waals surface area contributed by atoms with Crippen LogP contribution in [0, 0.1) is 0 Å². The normalized spacial score (nSPS) is 14.7. The summed E-state index contributed by atoms with van der Waals surface area (Å²) in [6, 6.07) is 14.9. The molecule has 1 aliphatic rings. The van der Waals surface area contributed by atoms with Crippen LogP contribution in [-0.4, -0.2) is 43.4 Å². The lowest BCUT2D eigenvalue weighted by Gasteiger charge is -2.25. The van der Waals surface area contributed by atoms with Gasteiger partial charge in [-0.3, -0.25) is 9.36 Å². The van der Waals surface area contributed by atoms with Crippen LogP contribution < -0.4 is 24.4 Å². The van der Waals surface area contributed by atoms with Crippen LogP contribution in [-0.2, 0) is 14.3 Å². The van der Waals surface area contributed by atoms with E-state index >= 15 is 0 Å². The van der Waals surface area contributed by atoms with Gasteiger partial charge in [-0.25, -0.2) is 14.6 Å². The summed E-state index contributed by atoms with van der Waals surface area (Å²) in [7, 11) is 2.86. The number of furan rings is 1. The Bertz CT molecular complexity index is 1950. The number of benzene rings is 2. The van der Waals surface area contributed by atoms with Gasteiger partial charge in [0.2, 0.25) is 0 Å². The van der Waals surface area contributed by atoms with Gasteiger partial charge in [0.25, 0.3) is 5.56 Å². The first-order valence-electron chi connectivity index (χ1n) is 14.0. The van der Waals surface area contributed by atoms with Gasteiger partial charge in [-0.05, 0) is 69.7 Å². The van der Waals surface area contributed by atoms with Gasteiger partial charge in [0, 0.05) is 11.6 Å². The van der Waals surface area contributed by atoms with E-state index in [1.807, 2.05) is 19.9 Å². The van der Waals surface area contributed by atoms with Crippen LogP contribution in [0.3, 0.4) is 0 Å². The summed E-state index contributed by atoms with van der Waals surface area (Å²) in [6.07, 6.45) is 1.56. The van der Waals surface area contributed by atoms with Gasteiger partial charge in [0.05, 0.1) is 54.3 Å². The zero-order valence-corrected chi connectivity index (χ0v) is 26.0. The van der Waals surface area contributed by atoms with E-state index in [9.17, 15) is 14.4 Å². The second-order valence-corrected chi connectivity index (χ2v) is 11.2. The molecular formula is C33H32N2O8S. The van der Waals surface area contributed by atoms with Crippen molar-refractivity contribution in [1.82, 2.24) is 4.57 Å². The number of hydrogen-bond donors (Lipinski definition) is 0. The van der Waals surface area contributed by atoms with E-state index in [-0.39, 0.29) is 23.8 Å². The summed E-state index contributed by atoms with van der Waals surface area (Å²) in [6.45, 7) is 7.45. The predicted molar refractivity (Wildman–Crippen MR) is 165 cm³/mol. The first kappa shape index (κ1) is 30.6. The van der Waals surface area contributed by atoms with Crippen molar-refractivity contribution in [3.63, 3.8) is 0 Å². The van der Waals surface area contributed by atoms with E-state index in [0.717, 1.165) is 0 Å². The molecule has 3 heterocycles. The molecular weight excluding hydrogens is 584 g/mol. The van der Waals surface area contributed by atoms with E-state index < -0.39 is 18.0 Å². The minimum atomic E-state index is -0.817. The highest BCUT2D eigenvalue weighted by molar-refractivity contribution is 7.07. The van der Waals surface area contributed by atoms with Gasteiger partial charge >= 0.3 is 11.9 Å². The predicted octanol–water partition coefficient (Wildman–Crippen LogP) is 4.64. The highest BCUT2D eigenvalue weighted by Crippen LogP contribution is 2.36. The van der Waals surface area contributed by atoms with Crippen molar-refractivity contribution >= 4 is 29.4 Å². The molecule has 1 aliphatic heterocycles. The van der Waals surface area contributed by atoms with E-state index in [0.29, 0.717) is 54.7 Å². The van der Waals surface area contributed by atoms with Crippen molar-refractivity contribution < 1.29 is 33.0 Å². The molecule has 44 heavy (non-hydrogen) atoms. The molecule has 0 spiro atoms. The Balaban J connectivity index is 1.61. The maximum absolute atomic E-state index is 14.0. The second-order valence-electron chi connectivity index (χ2n) is 10.2. The van der Waals surface area contributed by atoms with Crippen molar-refractivity contribution in [2.45, 2.75) is 39.8 Å². The number of ether oxygens (including phenoxy) is 4. The van der Waals surface area contributed by atoms with Gasteiger partial charge in [-0.1, -0.05) is 29.5 Å². The van der Waals surface area contributed by atoms with Crippen molar-refractivity contribution in [2.75, 3.05) is 20.8 Å². The molecule has 2 aromatic carbocycles. The van der Waals surface area contributed by atoms with Gasteiger partial charge in [0.1, 0.15) is 11.5 Å². The van der Waals surface area contributed by atoms with Crippen LogP contribution in [0.25, 0.3) is 17.4 Å². The van der Waals surface area contributed by atoms with Gasteiger partial charge < -0.3 is 23.4 Å². The fourth-order valence-corrected chi connectivity index (χ4v) is 5.97. The average Bonchev–Trinajstić information content (AvgIpc) is 3.60. The maximum atomic E-state index is 14.0. The van der Waals surface area contributed by atoms with Crippen LogP contribution in [0.5, 0.6) is 11.5 Å². The minimum Gasteiger partial charge on any atom is -0.493 e. The molecule has 0 saturated heterocycles. The fourth-order valence-electron chi connectivity index (χ4n) is 4.94. The number of rotatable bonds is 9. The van der Waals surface area contributed by atoms with Crippen molar-refractivity contribution in [1.29, 1.82) is 0 Å². The summed E-state index contributed by atoms with van der Waals surface area (Å²) in [5.41, 5.74) is 2.07. The van der Waals surface area contributed by atoms with E-state index in [1.54, 1.807) is 68.5 Å². The Morgan fingerprint density at radius 1 is 1.07 bits per heavy atom. The molecule has 0 aliphatic carbocycles. The molecule has 5 rings (SSSR count). The van der Waals surface area contributed by atoms with Gasteiger partial charge in [-0.2, -0.15) is 0 Å². The second kappa shape index (κ2) is 12.8. The Hall–Kier alpha value is -4.90. The lowest BCUT2D eigenvalue weighted by molar-refractivity contribution is -0.139. The van der Waals surface area contributed by atoms with E-state index in [2.05, 4.69) is 4.99 Å². The Morgan fingerprint density at radius 3 is 2.57 bits per heavy atom. The third-order valence-electron chi connectivity index (χ3n) is 6.85. The molecule has 0 amide bonds. The minimum absolute atomic E-state index is 0.0800. The van der Waals surface area contributed by atoms with Gasteiger partial charge in [-0.15, -0.1) is 0 Å². The summed E-state index contributed by atoms with van der Waals surface area (Å²) < 4.78 is 29.6. The number of carbonyl (C=O) groups excluding carboxylic acids is 2. The molecule has 10 nitrogen and oxygen atoms in total. The number of thiazole rings is 1. The molecule has 1 atom stereocenters. The number of aromatic nitrogens is 1. The molecule has 228 valence electrons. The maximum Gasteiger partial charge on any atom is 0.338 e. The van der Waals surface area contributed by atoms with E-state index in [1.165, 1.54) is 30.1 Å². The molecule has 0 radical (unpaired) electrons. The van der Waals surface area contributed by atoms with Crippen molar-refractivity contribution in [3.8, 4) is 22.8 Å². The van der Waals surface area contributed by atoms with Crippen molar-refractivity contribution in [3.05, 3.63) is 102 Å². The molecule has 11 heteroatoms. The highest BCUT2D eigenvalue weighted by atomic mass is 32.1. The Morgan fingerprint density at radius 2 is 1.86 bits per heavy atom. The van der Waals surface area contributed by atoms with E-state index in [4.69, 9.17) is 23.4 Å². The number of fused-ring (bicyclic) bond motifs is 1. The summed E-state index contributed by atoms with van der Waals surface area (Å²) in [5, 5.41) is 0. The lowest BCUT2D eigenvalue weighted by atomic mass is 9.95. The Kier molecular flexibility index (Phi) is 8.86. The first-order chi connectivity index (χ1) is 21.1. The van der Waals surface area contributed by atoms with Crippen LogP contribution in [0.15, 0.2) is 80.1 Å². The summed E-state index contributed by atoms with van der Waals surface area (Å²) >= 11 is 1.19. The molecule has 0 N–H and O–H groups in total. The van der Waals surface area contributed by atoms with Crippen LogP contribution in [0.1, 0.15) is 55.4 Å². The Labute approximate surface area is 257 Å². The molecule has 1 unspecified atom stereocenters. The number of hydrogen-bond acceptors (Lipinski definition) is 10. The highest BCUT2D eigenvalue weighted by Gasteiger charge is 2.34. The van der Waals surface area contributed by atoms with Gasteiger partial charge in [0.15, 0.2) is 16.3 Å². The first-order valence-corrected chi connectivity index (χ1v) is 14.8. The number of methoxy groups -OCH3 is 2. The monoisotopic (exact) mass is 616 g/mol. The number of carbonyl (C=O) groups is 2. The molecule has 4 aromatic rings. The van der Waals surface area contributed by atoms with Crippen molar-refractivity contribution in [2.24, 2.45) is 4.99 Å². The third-order valence-corrected chi connectivity index (χ3v) is 7.83. The smallest absolute Gasteiger partial charge is 0.338 e. The third kappa shape index (κ3) is 5.96. The topological polar surface area (TPSA) is 119 Å². The largest absolute Gasteiger partial charge is 0.493 e. The fraction of sp³-hybridized carbons (Fsp3) is 0.273. The number of nitrogens with zero attached hydrogens (tertiary/aromatic N) is 2. The van der Waals surface area contributed by atoms with Crippen LogP contribution in [0.4, 0.5) is 0 Å². The zero-order chi connectivity index (χ0) is 31.5. The summed E-state index contributed by atoms with van der Waals surface area (Å²) in [5.74, 6) is 0.955. The van der Waals surface area contributed by atoms with Crippen LogP contribution >= 0.6 is 11.3 Å². The lowest BCUT2D eigenvalue weighted by Crippen LogP contribution is -2.40. The molecule has 0 bridgehead atoms. The average molecular weight is 617 g/mol. The molecule has 2 aromatic heterocycles. The SMILES string of the molecule is CCOC(=O)C1=C(C)N=c2sc(=Cc3ccc(-c4cccc(C(=O)OC)c4)o3)c(=O)n2C1c1ccc(OC(C)C)c(OC)c1. The summed E-state index contributed by atoms with van der Waals surface area (Å²) in [4.78, 5) is 44.3. The molecule has 0 saturated carbocycles. The quantitative estimate of drug-likeness (QED) is 0.250. The number of esters is 2. The standard InChI is InChI=1S/C33H32N2O8S/c1-7-41-32(38)28-19(4)34-33-35(29(28)21-11-13-25(42-18(2)3)26(16-21)39-5)30(36)27(44-33)17-23-12-14-24(43-23)20-9-8-10-22(15-20)31(37)40-6/h8-18,29H,7H2,1-6H3. The number of allylic oxidation sites excluding steroid dienone is 1. The zero-order valence-electron chi connectivity index (χ0n) is 25.2.